The first-order valence-electron chi connectivity index (χ1n) is 1.83. The minimum absolute atomic E-state index is 0.785. The van der Waals surface area contributed by atoms with E-state index in [-0.39, 0.29) is 0 Å². The van der Waals surface area contributed by atoms with Gasteiger partial charge >= 0.3 is 0 Å². The molecule has 1 aromatic rings. The highest BCUT2D eigenvalue weighted by atomic mass is 79.9. The topological polar surface area (TPSA) is 0 Å². The fraction of sp³-hybridized carbons (Fsp3) is 0. The lowest BCUT2D eigenvalue weighted by Gasteiger charge is -1.74. The maximum Gasteiger partial charge on any atom is 0.189 e. The third kappa shape index (κ3) is 1.40. The third-order valence-electron chi connectivity index (χ3n) is 0.614. The molecular formula is C4H3BrSSi. The van der Waals surface area contributed by atoms with Crippen molar-refractivity contribution >= 4 is 39.3 Å². The zero-order valence-corrected chi connectivity index (χ0v) is 6.92. The van der Waals surface area contributed by atoms with Gasteiger partial charge in [-0.15, -0.1) is 15.3 Å². The number of rotatable bonds is 1. The summed E-state index contributed by atoms with van der Waals surface area (Å²) in [5.74, 6) is 0. The molecule has 0 nitrogen and oxygen atoms in total. The predicted octanol–water partition coefficient (Wildman–Crippen LogP) is 1.39. The summed E-state index contributed by atoms with van der Waals surface area (Å²) >= 11 is 5.16. The van der Waals surface area contributed by atoms with E-state index in [4.69, 9.17) is 0 Å². The SMILES string of the molecule is Br[Si]c1cccs1. The molecule has 1 rings (SSSR count). The summed E-state index contributed by atoms with van der Waals surface area (Å²) < 4.78 is 1.42. The second-order valence-corrected chi connectivity index (χ2v) is 4.30. The van der Waals surface area contributed by atoms with Gasteiger partial charge in [0, 0.05) is 4.50 Å². The largest absolute Gasteiger partial charge is 0.189 e. The van der Waals surface area contributed by atoms with Crippen LogP contribution in [0.1, 0.15) is 0 Å². The van der Waals surface area contributed by atoms with Crippen molar-refractivity contribution in [2.24, 2.45) is 0 Å². The van der Waals surface area contributed by atoms with Crippen molar-refractivity contribution in [1.29, 1.82) is 0 Å². The van der Waals surface area contributed by atoms with Crippen LogP contribution in [-0.2, 0) is 0 Å². The van der Waals surface area contributed by atoms with Crippen LogP contribution in [0.25, 0.3) is 0 Å². The molecule has 0 atom stereocenters. The van der Waals surface area contributed by atoms with Gasteiger partial charge in [0.05, 0.1) is 0 Å². The number of hydrogen-bond acceptors (Lipinski definition) is 1. The Morgan fingerprint density at radius 3 is 2.86 bits per heavy atom. The second kappa shape index (κ2) is 2.64. The maximum atomic E-state index is 3.37. The Labute approximate surface area is 57.0 Å². The van der Waals surface area contributed by atoms with Gasteiger partial charge in [0.15, 0.2) is 8.14 Å². The van der Waals surface area contributed by atoms with Gasteiger partial charge in [0.1, 0.15) is 0 Å². The first-order chi connectivity index (χ1) is 3.43. The molecule has 0 saturated carbocycles. The normalized spacial score (nSPS) is 9.29. The van der Waals surface area contributed by atoms with Crippen molar-refractivity contribution in [2.75, 3.05) is 0 Å². The molecule has 0 aliphatic heterocycles. The van der Waals surface area contributed by atoms with E-state index in [1.165, 1.54) is 4.50 Å². The average molecular weight is 191 g/mol. The Hall–Kier alpha value is 0.397. The van der Waals surface area contributed by atoms with E-state index in [9.17, 15) is 0 Å². The molecule has 3 heteroatoms. The highest BCUT2D eigenvalue weighted by molar-refractivity contribution is 9.23. The summed E-state index contributed by atoms with van der Waals surface area (Å²) in [6, 6.07) is 4.19. The van der Waals surface area contributed by atoms with E-state index in [1.54, 1.807) is 11.3 Å². The van der Waals surface area contributed by atoms with Gasteiger partial charge in [0.25, 0.3) is 0 Å². The zero-order valence-electron chi connectivity index (χ0n) is 3.52. The monoisotopic (exact) mass is 190 g/mol. The molecule has 0 saturated heterocycles. The first kappa shape index (κ1) is 5.53. The fourth-order valence-corrected chi connectivity index (χ4v) is 2.57. The van der Waals surface area contributed by atoms with E-state index in [0.717, 1.165) is 8.14 Å². The van der Waals surface area contributed by atoms with Crippen LogP contribution in [0.15, 0.2) is 17.5 Å². The molecule has 0 bridgehead atoms. The highest BCUT2D eigenvalue weighted by Crippen LogP contribution is 1.92. The number of hydrogen-bond donors (Lipinski definition) is 0. The van der Waals surface area contributed by atoms with E-state index in [1.807, 2.05) is 0 Å². The summed E-state index contributed by atoms with van der Waals surface area (Å²) in [6.07, 6.45) is 0. The Kier molecular flexibility index (Phi) is 2.09. The Morgan fingerprint density at radius 2 is 2.57 bits per heavy atom. The van der Waals surface area contributed by atoms with Gasteiger partial charge in [-0.05, 0) is 5.38 Å². The zero-order chi connectivity index (χ0) is 5.11. The molecule has 36 valence electrons. The third-order valence-corrected chi connectivity index (χ3v) is 4.38. The van der Waals surface area contributed by atoms with Crippen molar-refractivity contribution in [2.45, 2.75) is 0 Å². The van der Waals surface area contributed by atoms with E-state index in [2.05, 4.69) is 32.8 Å². The number of halogens is 1. The van der Waals surface area contributed by atoms with Crippen LogP contribution in [0.4, 0.5) is 0 Å². The van der Waals surface area contributed by atoms with Crippen molar-refractivity contribution in [3.63, 3.8) is 0 Å². The van der Waals surface area contributed by atoms with Crippen molar-refractivity contribution in [3.05, 3.63) is 17.5 Å². The smallest absolute Gasteiger partial charge is 0.153 e. The molecule has 0 spiro atoms. The van der Waals surface area contributed by atoms with Crippen LogP contribution in [-0.4, -0.2) is 8.14 Å². The summed E-state index contributed by atoms with van der Waals surface area (Å²) in [7, 11) is 0.785. The molecule has 0 amide bonds. The minimum Gasteiger partial charge on any atom is -0.153 e. The fourth-order valence-electron chi connectivity index (χ4n) is 0.332. The Morgan fingerprint density at radius 1 is 1.71 bits per heavy atom. The summed E-state index contributed by atoms with van der Waals surface area (Å²) in [5.41, 5.74) is 0. The van der Waals surface area contributed by atoms with Crippen molar-refractivity contribution in [1.82, 2.24) is 0 Å². The van der Waals surface area contributed by atoms with Gasteiger partial charge in [-0.1, -0.05) is 12.1 Å². The standard InChI is InChI=1S/C4H3BrSSi/c5-7-4-2-1-3-6-4/h1-3H. The summed E-state index contributed by atoms with van der Waals surface area (Å²) in [5, 5.41) is 2.09. The molecule has 0 unspecified atom stereocenters. The van der Waals surface area contributed by atoms with E-state index in [0.29, 0.717) is 0 Å². The lowest BCUT2D eigenvalue weighted by molar-refractivity contribution is 2.07. The molecule has 0 aliphatic carbocycles. The lowest BCUT2D eigenvalue weighted by Crippen LogP contribution is -1.98. The molecule has 1 heterocycles. The van der Waals surface area contributed by atoms with Gasteiger partial charge in [-0.25, -0.2) is 0 Å². The maximum absolute atomic E-state index is 3.37. The lowest BCUT2D eigenvalue weighted by atomic mass is 10.7. The van der Waals surface area contributed by atoms with Crippen LogP contribution in [0.2, 0.25) is 0 Å². The molecule has 0 aromatic carbocycles. The molecule has 0 N–H and O–H groups in total. The second-order valence-electron chi connectivity index (χ2n) is 1.07. The highest BCUT2D eigenvalue weighted by Gasteiger charge is 1.86. The molecule has 0 aliphatic rings. The van der Waals surface area contributed by atoms with E-state index >= 15 is 0 Å². The van der Waals surface area contributed by atoms with Crippen LogP contribution in [0.5, 0.6) is 0 Å². The predicted molar refractivity (Wildman–Crippen MR) is 38.6 cm³/mol. The van der Waals surface area contributed by atoms with Gasteiger partial charge in [-0.2, -0.15) is 11.3 Å². The van der Waals surface area contributed by atoms with Gasteiger partial charge in [0.2, 0.25) is 0 Å². The van der Waals surface area contributed by atoms with Gasteiger partial charge < -0.3 is 0 Å². The van der Waals surface area contributed by atoms with Crippen molar-refractivity contribution < 1.29 is 0 Å². The molecule has 7 heavy (non-hydrogen) atoms. The molecule has 1 aromatic heterocycles. The molecule has 2 radical (unpaired) electrons. The Balaban J connectivity index is 2.76. The molecular weight excluding hydrogens is 188 g/mol. The van der Waals surface area contributed by atoms with Crippen LogP contribution >= 0.6 is 26.6 Å². The average Bonchev–Trinajstić information content (AvgIpc) is 2.14. The minimum atomic E-state index is 0.785. The summed E-state index contributed by atoms with van der Waals surface area (Å²) in [4.78, 5) is 0. The van der Waals surface area contributed by atoms with Crippen LogP contribution in [0.3, 0.4) is 0 Å². The quantitative estimate of drug-likeness (QED) is 0.464. The van der Waals surface area contributed by atoms with Crippen LogP contribution < -0.4 is 4.50 Å². The first-order valence-corrected chi connectivity index (χ1v) is 5.97. The Bertz CT molecular complexity index is 126. The van der Waals surface area contributed by atoms with Crippen LogP contribution in [0, 0.1) is 0 Å². The molecule has 0 fully saturated rings. The number of thiophene rings is 1. The van der Waals surface area contributed by atoms with E-state index < -0.39 is 0 Å². The van der Waals surface area contributed by atoms with Gasteiger partial charge in [-0.3, -0.25) is 0 Å². The summed E-state index contributed by atoms with van der Waals surface area (Å²) in [6.45, 7) is 0. The van der Waals surface area contributed by atoms with Crippen molar-refractivity contribution in [3.8, 4) is 0 Å².